The van der Waals surface area contributed by atoms with Crippen LogP contribution in [0.3, 0.4) is 0 Å². The molecule has 0 amide bonds. The SMILES string of the molecule is C=C(C)C(=O)Oc1c(Cc2ccccc2)cccc1OC. The normalized spacial score (nSPS) is 10.0. The third kappa shape index (κ3) is 3.72. The monoisotopic (exact) mass is 282 g/mol. The molecule has 0 heterocycles. The van der Waals surface area contributed by atoms with Crippen LogP contribution in [0.1, 0.15) is 18.1 Å². The summed E-state index contributed by atoms with van der Waals surface area (Å²) in [5.74, 6) is 0.545. The van der Waals surface area contributed by atoms with Crippen molar-refractivity contribution in [2.24, 2.45) is 0 Å². The van der Waals surface area contributed by atoms with Crippen LogP contribution in [-0.4, -0.2) is 13.1 Å². The van der Waals surface area contributed by atoms with Gasteiger partial charge in [-0.3, -0.25) is 0 Å². The van der Waals surface area contributed by atoms with Gasteiger partial charge in [0, 0.05) is 17.6 Å². The Hall–Kier alpha value is -2.55. The van der Waals surface area contributed by atoms with Gasteiger partial charge in [-0.25, -0.2) is 4.79 Å². The van der Waals surface area contributed by atoms with E-state index in [1.165, 1.54) is 0 Å². The van der Waals surface area contributed by atoms with Gasteiger partial charge in [-0.15, -0.1) is 0 Å². The largest absolute Gasteiger partial charge is 0.493 e. The van der Waals surface area contributed by atoms with E-state index in [-0.39, 0.29) is 0 Å². The number of carbonyl (C=O) groups is 1. The van der Waals surface area contributed by atoms with Crippen molar-refractivity contribution >= 4 is 5.97 Å². The summed E-state index contributed by atoms with van der Waals surface area (Å²) in [5.41, 5.74) is 2.39. The Morgan fingerprint density at radius 3 is 2.43 bits per heavy atom. The Bertz CT molecular complexity index is 645. The van der Waals surface area contributed by atoms with E-state index >= 15 is 0 Å². The summed E-state index contributed by atoms with van der Waals surface area (Å²) in [6.45, 7) is 5.22. The van der Waals surface area contributed by atoms with Crippen LogP contribution >= 0.6 is 0 Å². The van der Waals surface area contributed by atoms with Crippen LogP contribution in [0.2, 0.25) is 0 Å². The number of carbonyl (C=O) groups excluding carboxylic acids is 1. The van der Waals surface area contributed by atoms with Crippen molar-refractivity contribution in [1.82, 2.24) is 0 Å². The average Bonchev–Trinajstić information content (AvgIpc) is 2.49. The summed E-state index contributed by atoms with van der Waals surface area (Å²) in [7, 11) is 1.56. The lowest BCUT2D eigenvalue weighted by molar-refractivity contribution is -0.130. The lowest BCUT2D eigenvalue weighted by Gasteiger charge is -2.14. The maximum atomic E-state index is 11.8. The smallest absolute Gasteiger partial charge is 0.338 e. The van der Waals surface area contributed by atoms with E-state index in [2.05, 4.69) is 6.58 Å². The zero-order chi connectivity index (χ0) is 15.2. The number of ether oxygens (including phenoxy) is 2. The number of hydrogen-bond acceptors (Lipinski definition) is 3. The predicted molar refractivity (Wildman–Crippen MR) is 82.7 cm³/mol. The molecule has 0 radical (unpaired) electrons. The number of hydrogen-bond donors (Lipinski definition) is 0. The molecule has 0 saturated carbocycles. The van der Waals surface area contributed by atoms with Gasteiger partial charge in [0.25, 0.3) is 0 Å². The van der Waals surface area contributed by atoms with Crippen LogP contribution in [0.25, 0.3) is 0 Å². The maximum absolute atomic E-state index is 11.8. The summed E-state index contributed by atoms with van der Waals surface area (Å²) in [6.07, 6.45) is 0.664. The lowest BCUT2D eigenvalue weighted by Crippen LogP contribution is -2.11. The standard InChI is InChI=1S/C18H18O3/c1-13(2)18(19)21-17-15(10-7-11-16(17)20-3)12-14-8-5-4-6-9-14/h4-11H,1,12H2,2-3H3. The van der Waals surface area contributed by atoms with Gasteiger partial charge in [-0.2, -0.15) is 0 Å². The Labute approximate surface area is 124 Å². The molecular formula is C18H18O3. The summed E-state index contributed by atoms with van der Waals surface area (Å²) in [5, 5.41) is 0. The first-order valence-electron chi connectivity index (χ1n) is 6.69. The van der Waals surface area contributed by atoms with Crippen molar-refractivity contribution in [2.45, 2.75) is 13.3 Å². The van der Waals surface area contributed by atoms with Gasteiger partial charge in [0.05, 0.1) is 7.11 Å². The zero-order valence-electron chi connectivity index (χ0n) is 12.3. The molecule has 0 spiro atoms. The molecule has 3 heteroatoms. The molecule has 0 unspecified atom stereocenters. The second-order valence-electron chi connectivity index (χ2n) is 4.78. The molecule has 2 aromatic carbocycles. The van der Waals surface area contributed by atoms with Gasteiger partial charge in [0.2, 0.25) is 0 Å². The van der Waals surface area contributed by atoms with Crippen molar-refractivity contribution in [3.05, 3.63) is 71.8 Å². The van der Waals surface area contributed by atoms with E-state index in [0.29, 0.717) is 23.5 Å². The Balaban J connectivity index is 2.36. The third-order valence-electron chi connectivity index (χ3n) is 3.06. The summed E-state index contributed by atoms with van der Waals surface area (Å²) >= 11 is 0. The van der Waals surface area contributed by atoms with Gasteiger partial charge < -0.3 is 9.47 Å². The summed E-state index contributed by atoms with van der Waals surface area (Å²) < 4.78 is 10.7. The van der Waals surface area contributed by atoms with Crippen molar-refractivity contribution in [2.75, 3.05) is 7.11 Å². The number of esters is 1. The first kappa shape index (κ1) is 14.9. The van der Waals surface area contributed by atoms with E-state index in [1.54, 1.807) is 20.1 Å². The molecule has 0 saturated heterocycles. The minimum Gasteiger partial charge on any atom is -0.493 e. The highest BCUT2D eigenvalue weighted by atomic mass is 16.6. The van der Waals surface area contributed by atoms with Crippen LogP contribution in [0.15, 0.2) is 60.7 Å². The number of benzene rings is 2. The highest BCUT2D eigenvalue weighted by Gasteiger charge is 2.15. The predicted octanol–water partition coefficient (Wildman–Crippen LogP) is 3.77. The van der Waals surface area contributed by atoms with Crippen LogP contribution in [0.5, 0.6) is 11.5 Å². The molecule has 3 nitrogen and oxygen atoms in total. The fraction of sp³-hybridized carbons (Fsp3) is 0.167. The molecule has 0 aromatic heterocycles. The Morgan fingerprint density at radius 1 is 1.10 bits per heavy atom. The van der Waals surface area contributed by atoms with Gasteiger partial charge in [-0.1, -0.05) is 49.0 Å². The van der Waals surface area contributed by atoms with E-state index in [1.807, 2.05) is 42.5 Å². The van der Waals surface area contributed by atoms with Crippen LogP contribution in [0.4, 0.5) is 0 Å². The second-order valence-corrected chi connectivity index (χ2v) is 4.78. The van der Waals surface area contributed by atoms with E-state index < -0.39 is 5.97 Å². The molecular weight excluding hydrogens is 264 g/mol. The minimum atomic E-state index is -0.450. The van der Waals surface area contributed by atoms with Gasteiger partial charge >= 0.3 is 5.97 Å². The van der Waals surface area contributed by atoms with Gasteiger partial charge in [-0.05, 0) is 18.6 Å². The van der Waals surface area contributed by atoms with Crippen LogP contribution in [-0.2, 0) is 11.2 Å². The third-order valence-corrected chi connectivity index (χ3v) is 3.06. The first-order valence-corrected chi connectivity index (χ1v) is 6.69. The molecule has 0 bridgehead atoms. The molecule has 0 aliphatic carbocycles. The van der Waals surface area contributed by atoms with Crippen LogP contribution in [0, 0.1) is 0 Å². The van der Waals surface area contributed by atoms with Crippen molar-refractivity contribution in [3.8, 4) is 11.5 Å². The molecule has 0 N–H and O–H groups in total. The van der Waals surface area contributed by atoms with E-state index in [0.717, 1.165) is 11.1 Å². The fourth-order valence-electron chi connectivity index (χ4n) is 1.97. The fourth-order valence-corrected chi connectivity index (χ4v) is 1.97. The Morgan fingerprint density at radius 2 is 1.81 bits per heavy atom. The van der Waals surface area contributed by atoms with E-state index in [9.17, 15) is 4.79 Å². The second kappa shape index (κ2) is 6.75. The number of para-hydroxylation sites is 1. The van der Waals surface area contributed by atoms with Crippen molar-refractivity contribution < 1.29 is 14.3 Å². The maximum Gasteiger partial charge on any atom is 0.338 e. The topological polar surface area (TPSA) is 35.5 Å². The quantitative estimate of drug-likeness (QED) is 0.476. The van der Waals surface area contributed by atoms with Gasteiger partial charge in [0.1, 0.15) is 0 Å². The van der Waals surface area contributed by atoms with Crippen molar-refractivity contribution in [3.63, 3.8) is 0 Å². The summed E-state index contributed by atoms with van der Waals surface area (Å²) in [4.78, 5) is 11.8. The van der Waals surface area contributed by atoms with Crippen LogP contribution < -0.4 is 9.47 Å². The molecule has 2 rings (SSSR count). The van der Waals surface area contributed by atoms with E-state index in [4.69, 9.17) is 9.47 Å². The average molecular weight is 282 g/mol. The molecule has 0 aliphatic heterocycles. The number of methoxy groups -OCH3 is 1. The molecule has 2 aromatic rings. The minimum absolute atomic E-state index is 0.353. The molecule has 0 atom stereocenters. The molecule has 108 valence electrons. The molecule has 21 heavy (non-hydrogen) atoms. The molecule has 0 aliphatic rings. The Kier molecular flexibility index (Phi) is 4.77. The van der Waals surface area contributed by atoms with Crippen molar-refractivity contribution in [1.29, 1.82) is 0 Å². The van der Waals surface area contributed by atoms with Gasteiger partial charge in [0.15, 0.2) is 11.5 Å². The summed E-state index contributed by atoms with van der Waals surface area (Å²) in [6, 6.07) is 15.6. The zero-order valence-corrected chi connectivity index (χ0v) is 12.3. The first-order chi connectivity index (χ1) is 10.1. The highest BCUT2D eigenvalue weighted by Crippen LogP contribution is 2.33. The number of rotatable bonds is 5. The highest BCUT2D eigenvalue weighted by molar-refractivity contribution is 5.89. The lowest BCUT2D eigenvalue weighted by atomic mass is 10.0. The molecule has 0 fully saturated rings.